The summed E-state index contributed by atoms with van der Waals surface area (Å²) in [5.74, 6) is 0.497. The van der Waals surface area contributed by atoms with Crippen LogP contribution in [0.1, 0.15) is 36.3 Å². The summed E-state index contributed by atoms with van der Waals surface area (Å²) >= 11 is 0. The van der Waals surface area contributed by atoms with E-state index in [2.05, 4.69) is 53.4 Å². The number of hydrogen-bond donors (Lipinski definition) is 1. The molecule has 0 saturated heterocycles. The van der Waals surface area contributed by atoms with Gasteiger partial charge in [0.1, 0.15) is 11.5 Å². The number of benzene rings is 1. The van der Waals surface area contributed by atoms with Crippen LogP contribution in [0.3, 0.4) is 0 Å². The van der Waals surface area contributed by atoms with E-state index < -0.39 is 0 Å². The van der Waals surface area contributed by atoms with Crippen LogP contribution in [0.15, 0.2) is 42.7 Å². The summed E-state index contributed by atoms with van der Waals surface area (Å²) in [4.78, 5) is 22.1. The number of carbonyl (C=O) groups is 1. The van der Waals surface area contributed by atoms with Gasteiger partial charge < -0.3 is 10.2 Å². The predicted octanol–water partition coefficient (Wildman–Crippen LogP) is 2.96. The van der Waals surface area contributed by atoms with Crippen LogP contribution in [0.5, 0.6) is 0 Å². The van der Waals surface area contributed by atoms with E-state index in [0.29, 0.717) is 11.5 Å². The van der Waals surface area contributed by atoms with Crippen molar-refractivity contribution in [2.75, 3.05) is 26.0 Å². The molecule has 1 heterocycles. The SMILES string of the molecule is CN(C)C(=O)c1cncc(NCC2(c3ccccc3)CC2(C)C)n1. The Kier molecular flexibility index (Phi) is 4.03. The number of aromatic nitrogens is 2. The number of anilines is 1. The molecule has 1 aromatic carbocycles. The van der Waals surface area contributed by atoms with E-state index in [9.17, 15) is 4.79 Å². The number of nitrogens with zero attached hydrogens (tertiary/aromatic N) is 3. The van der Waals surface area contributed by atoms with Crippen LogP contribution in [0, 0.1) is 5.41 Å². The third-order valence-electron chi connectivity index (χ3n) is 5.07. The molecule has 0 spiro atoms. The summed E-state index contributed by atoms with van der Waals surface area (Å²) in [6.45, 7) is 5.36. The fraction of sp³-hybridized carbons (Fsp3) is 0.421. The molecule has 1 saturated carbocycles. The normalized spacial score (nSPS) is 21.2. The number of nitrogens with one attached hydrogen (secondary N) is 1. The highest BCUT2D eigenvalue weighted by molar-refractivity contribution is 5.91. The van der Waals surface area contributed by atoms with E-state index in [1.54, 1.807) is 20.3 Å². The first-order valence-electron chi connectivity index (χ1n) is 8.19. The Labute approximate surface area is 143 Å². The van der Waals surface area contributed by atoms with Crippen molar-refractivity contribution in [1.29, 1.82) is 0 Å². The van der Waals surface area contributed by atoms with Gasteiger partial charge in [-0.05, 0) is 17.4 Å². The molecule has 1 amide bonds. The average molecular weight is 324 g/mol. The highest BCUT2D eigenvalue weighted by atomic mass is 16.2. The van der Waals surface area contributed by atoms with Crippen molar-refractivity contribution in [2.24, 2.45) is 5.41 Å². The monoisotopic (exact) mass is 324 g/mol. The van der Waals surface area contributed by atoms with Crippen molar-refractivity contribution >= 4 is 11.7 Å². The quantitative estimate of drug-likeness (QED) is 0.918. The van der Waals surface area contributed by atoms with Gasteiger partial charge in [0.2, 0.25) is 0 Å². The average Bonchev–Trinajstić information content (AvgIpc) is 3.16. The van der Waals surface area contributed by atoms with E-state index in [1.807, 2.05) is 6.07 Å². The molecule has 1 N–H and O–H groups in total. The topological polar surface area (TPSA) is 58.1 Å². The maximum atomic E-state index is 12.0. The summed E-state index contributed by atoms with van der Waals surface area (Å²) in [6, 6.07) is 10.6. The highest BCUT2D eigenvalue weighted by Gasteiger charge is 2.61. The number of amides is 1. The van der Waals surface area contributed by atoms with Gasteiger partial charge in [-0.15, -0.1) is 0 Å². The number of hydrogen-bond acceptors (Lipinski definition) is 4. The van der Waals surface area contributed by atoms with Crippen LogP contribution in [-0.4, -0.2) is 41.4 Å². The standard InChI is InChI=1S/C19H24N4O/c1-18(2)12-19(18,14-8-6-5-7-9-14)13-21-16-11-20-10-15(22-16)17(24)23(3)4/h5-11H,12-13H2,1-4H3,(H,21,22). The largest absolute Gasteiger partial charge is 0.368 e. The summed E-state index contributed by atoms with van der Waals surface area (Å²) in [6.07, 6.45) is 4.29. The minimum atomic E-state index is -0.143. The van der Waals surface area contributed by atoms with E-state index in [1.165, 1.54) is 16.7 Å². The first-order chi connectivity index (χ1) is 11.4. The first-order valence-corrected chi connectivity index (χ1v) is 8.19. The van der Waals surface area contributed by atoms with Crippen molar-refractivity contribution in [1.82, 2.24) is 14.9 Å². The number of rotatable bonds is 5. The molecule has 24 heavy (non-hydrogen) atoms. The molecule has 2 aromatic rings. The molecule has 0 aliphatic heterocycles. The molecular formula is C19H24N4O. The van der Waals surface area contributed by atoms with Crippen molar-refractivity contribution in [3.63, 3.8) is 0 Å². The molecule has 1 fully saturated rings. The molecule has 5 heteroatoms. The Bertz CT molecular complexity index is 742. The Balaban J connectivity index is 1.78. The maximum Gasteiger partial charge on any atom is 0.273 e. The zero-order valence-electron chi connectivity index (χ0n) is 14.7. The van der Waals surface area contributed by atoms with Crippen molar-refractivity contribution in [3.05, 3.63) is 54.0 Å². The summed E-state index contributed by atoms with van der Waals surface area (Å²) in [5.41, 5.74) is 2.04. The molecule has 5 nitrogen and oxygen atoms in total. The minimum absolute atomic E-state index is 0.0947. The van der Waals surface area contributed by atoms with Crippen molar-refractivity contribution in [3.8, 4) is 0 Å². The zero-order chi connectivity index (χ0) is 17.4. The molecule has 126 valence electrons. The molecule has 3 rings (SSSR count). The van der Waals surface area contributed by atoms with E-state index >= 15 is 0 Å². The van der Waals surface area contributed by atoms with Gasteiger partial charge in [0.25, 0.3) is 5.91 Å². The molecule has 1 atom stereocenters. The molecule has 1 unspecified atom stereocenters. The third kappa shape index (κ3) is 2.86. The lowest BCUT2D eigenvalue weighted by molar-refractivity contribution is 0.0821. The van der Waals surface area contributed by atoms with E-state index in [0.717, 1.165) is 13.0 Å². The van der Waals surface area contributed by atoms with Crippen LogP contribution < -0.4 is 5.32 Å². The Morgan fingerprint density at radius 1 is 1.21 bits per heavy atom. The van der Waals surface area contributed by atoms with Gasteiger partial charge in [-0.2, -0.15) is 0 Å². The van der Waals surface area contributed by atoms with Gasteiger partial charge >= 0.3 is 0 Å². The van der Waals surface area contributed by atoms with Gasteiger partial charge in [0, 0.05) is 26.1 Å². The van der Waals surface area contributed by atoms with Gasteiger partial charge in [-0.1, -0.05) is 44.2 Å². The molecule has 0 radical (unpaired) electrons. The van der Waals surface area contributed by atoms with Gasteiger partial charge in [-0.25, -0.2) is 4.98 Å². The van der Waals surface area contributed by atoms with Gasteiger partial charge in [0.15, 0.2) is 0 Å². The Hall–Kier alpha value is -2.43. The summed E-state index contributed by atoms with van der Waals surface area (Å²) in [7, 11) is 3.42. The van der Waals surface area contributed by atoms with Gasteiger partial charge in [0.05, 0.1) is 12.4 Å². The lowest BCUT2D eigenvalue weighted by Gasteiger charge is -2.22. The smallest absolute Gasteiger partial charge is 0.273 e. The maximum absolute atomic E-state index is 12.0. The highest BCUT2D eigenvalue weighted by Crippen LogP contribution is 2.64. The minimum Gasteiger partial charge on any atom is -0.368 e. The van der Waals surface area contributed by atoms with Crippen LogP contribution in [0.4, 0.5) is 5.82 Å². The second-order valence-electron chi connectivity index (χ2n) is 7.35. The van der Waals surface area contributed by atoms with Crippen LogP contribution in [-0.2, 0) is 5.41 Å². The Morgan fingerprint density at radius 3 is 2.46 bits per heavy atom. The van der Waals surface area contributed by atoms with Crippen LogP contribution >= 0.6 is 0 Å². The van der Waals surface area contributed by atoms with E-state index in [-0.39, 0.29) is 16.7 Å². The fourth-order valence-electron chi connectivity index (χ4n) is 3.39. The Morgan fingerprint density at radius 2 is 1.88 bits per heavy atom. The lowest BCUT2D eigenvalue weighted by atomic mass is 9.88. The fourth-order valence-corrected chi connectivity index (χ4v) is 3.39. The van der Waals surface area contributed by atoms with Crippen molar-refractivity contribution in [2.45, 2.75) is 25.7 Å². The molecule has 0 bridgehead atoms. The van der Waals surface area contributed by atoms with Crippen molar-refractivity contribution < 1.29 is 4.79 Å². The molecule has 1 aliphatic carbocycles. The third-order valence-corrected chi connectivity index (χ3v) is 5.07. The molecule has 1 aromatic heterocycles. The summed E-state index contributed by atoms with van der Waals surface area (Å²) in [5, 5.41) is 3.39. The summed E-state index contributed by atoms with van der Waals surface area (Å²) < 4.78 is 0. The van der Waals surface area contributed by atoms with E-state index in [4.69, 9.17) is 0 Å². The molecular weight excluding hydrogens is 300 g/mol. The van der Waals surface area contributed by atoms with Gasteiger partial charge in [-0.3, -0.25) is 9.78 Å². The molecule has 1 aliphatic rings. The second-order valence-corrected chi connectivity index (χ2v) is 7.35. The second kappa shape index (κ2) is 5.89. The predicted molar refractivity (Wildman–Crippen MR) is 95.1 cm³/mol. The lowest BCUT2D eigenvalue weighted by Crippen LogP contribution is -2.26. The number of carbonyl (C=O) groups excluding carboxylic acids is 1. The van der Waals surface area contributed by atoms with Crippen LogP contribution in [0.2, 0.25) is 0 Å². The zero-order valence-corrected chi connectivity index (χ0v) is 14.7. The first kappa shape index (κ1) is 16.4. The van der Waals surface area contributed by atoms with Crippen LogP contribution in [0.25, 0.3) is 0 Å².